The van der Waals surface area contributed by atoms with Crippen LogP contribution in [0.4, 0.5) is 21.5 Å². The van der Waals surface area contributed by atoms with E-state index in [9.17, 15) is 14.1 Å². The minimum absolute atomic E-state index is 0.133. The van der Waals surface area contributed by atoms with Crippen molar-refractivity contribution in [3.05, 3.63) is 57.7 Å². The molecule has 0 radical (unpaired) electrons. The van der Waals surface area contributed by atoms with E-state index in [1.807, 2.05) is 4.90 Å². The van der Waals surface area contributed by atoms with Crippen molar-refractivity contribution in [2.24, 2.45) is 5.18 Å². The van der Waals surface area contributed by atoms with Crippen LogP contribution in [-0.2, 0) is 4.74 Å². The molecule has 2 saturated heterocycles. The molecule has 2 fully saturated rings. The molecule has 0 aliphatic carbocycles. The van der Waals surface area contributed by atoms with Crippen LogP contribution in [-0.4, -0.2) is 75.5 Å². The summed E-state index contributed by atoms with van der Waals surface area (Å²) in [5.74, 6) is -0.510. The number of amides is 1. The van der Waals surface area contributed by atoms with Gasteiger partial charge in [0, 0.05) is 52.1 Å². The summed E-state index contributed by atoms with van der Waals surface area (Å²) < 4.78 is 18.7. The first-order valence-corrected chi connectivity index (χ1v) is 10.7. The fourth-order valence-corrected chi connectivity index (χ4v) is 4.18. The first-order chi connectivity index (χ1) is 15.6. The number of carbonyl (C=O) groups excluding carboxylic acids is 1. The second-order valence-electron chi connectivity index (χ2n) is 7.27. The maximum Gasteiger partial charge on any atom is 0.256 e. The van der Waals surface area contributed by atoms with Gasteiger partial charge in [0.2, 0.25) is 0 Å². The van der Waals surface area contributed by atoms with Gasteiger partial charge in [0.25, 0.3) is 5.91 Å². The second-order valence-corrected chi connectivity index (χ2v) is 7.67. The van der Waals surface area contributed by atoms with Gasteiger partial charge in [-0.2, -0.15) is 0 Å². The topological polar surface area (TPSA) is 85.7 Å². The third kappa shape index (κ3) is 5.35. The molecule has 2 aromatic carbocycles. The first kappa shape index (κ1) is 23.9. The van der Waals surface area contributed by atoms with Crippen molar-refractivity contribution in [1.82, 2.24) is 4.90 Å². The van der Waals surface area contributed by atoms with Crippen molar-refractivity contribution >= 4 is 34.6 Å². The summed E-state index contributed by atoms with van der Waals surface area (Å²) in [5, 5.41) is 10.4. The number of halogens is 2. The third-order valence-corrected chi connectivity index (χ3v) is 5.79. The maximum absolute atomic E-state index is 13.3. The Bertz CT molecular complexity index is 948. The number of aliphatic hydroxyl groups excluding tert-OH is 1. The Labute approximate surface area is 191 Å². The lowest BCUT2D eigenvalue weighted by molar-refractivity contribution is 0.0746. The van der Waals surface area contributed by atoms with Gasteiger partial charge < -0.3 is 24.5 Å². The largest absolute Gasteiger partial charge is 0.400 e. The van der Waals surface area contributed by atoms with Crippen LogP contribution >= 0.6 is 11.6 Å². The maximum atomic E-state index is 13.3. The molecule has 32 heavy (non-hydrogen) atoms. The average molecular weight is 465 g/mol. The summed E-state index contributed by atoms with van der Waals surface area (Å²) in [6.45, 7) is 4.71. The van der Waals surface area contributed by atoms with Gasteiger partial charge >= 0.3 is 0 Å². The predicted molar refractivity (Wildman–Crippen MR) is 123 cm³/mol. The van der Waals surface area contributed by atoms with Gasteiger partial charge in [-0.3, -0.25) is 4.79 Å². The summed E-state index contributed by atoms with van der Waals surface area (Å²) >= 11 is 6.18. The lowest BCUT2D eigenvalue weighted by Crippen LogP contribution is -2.49. The summed E-state index contributed by atoms with van der Waals surface area (Å²) in [7, 11) is 1.00. The van der Waals surface area contributed by atoms with Crippen molar-refractivity contribution in [2.75, 3.05) is 69.4 Å². The van der Waals surface area contributed by atoms with Gasteiger partial charge in [-0.25, -0.2) is 4.39 Å². The van der Waals surface area contributed by atoms with Gasteiger partial charge in [-0.1, -0.05) is 11.6 Å². The molecular formula is C22H26ClFN4O4. The molecular weight excluding hydrogens is 439 g/mol. The number of carbonyl (C=O) groups is 1. The molecule has 0 unspecified atom stereocenters. The Kier molecular flexibility index (Phi) is 8.38. The Morgan fingerprint density at radius 1 is 0.969 bits per heavy atom. The smallest absolute Gasteiger partial charge is 0.256 e. The number of ether oxygens (including phenoxy) is 1. The zero-order chi connectivity index (χ0) is 23.1. The molecule has 2 heterocycles. The third-order valence-electron chi connectivity index (χ3n) is 5.49. The quantitative estimate of drug-likeness (QED) is 0.699. The van der Waals surface area contributed by atoms with E-state index >= 15 is 0 Å². The van der Waals surface area contributed by atoms with E-state index < -0.39 is 0 Å². The number of piperazine rings is 1. The summed E-state index contributed by atoms with van der Waals surface area (Å²) in [5.41, 5.74) is 2.25. The number of nitroso groups, excluding NO2 is 1. The molecule has 0 aromatic heterocycles. The van der Waals surface area contributed by atoms with E-state index in [0.29, 0.717) is 63.1 Å². The minimum atomic E-state index is -0.378. The van der Waals surface area contributed by atoms with Crippen LogP contribution in [0.15, 0.2) is 41.6 Å². The molecule has 0 bridgehead atoms. The second kappa shape index (κ2) is 11.2. The van der Waals surface area contributed by atoms with E-state index in [1.165, 1.54) is 12.1 Å². The Hall–Kier alpha value is -2.75. The zero-order valence-electron chi connectivity index (χ0n) is 17.8. The highest BCUT2D eigenvalue weighted by atomic mass is 35.5. The van der Waals surface area contributed by atoms with E-state index in [0.717, 1.165) is 18.5 Å². The molecule has 8 nitrogen and oxygen atoms in total. The van der Waals surface area contributed by atoms with Crippen molar-refractivity contribution in [2.45, 2.75) is 0 Å². The average Bonchev–Trinajstić information content (AvgIpc) is 2.85. The van der Waals surface area contributed by atoms with Gasteiger partial charge in [0.05, 0.1) is 29.5 Å². The standard InChI is InChI=1S/C21H22ClFN4O3.CH4O/c22-18-13-15(23)1-3-20(18)25-5-7-27(8-6-25)21(28)17-14-16(24-29)2-4-19(17)26-9-11-30-12-10-26;1-2/h1-4,13-14H,5-12H2;2H,1H3. The molecule has 1 N–H and O–H groups in total. The lowest BCUT2D eigenvalue weighted by atomic mass is 10.1. The van der Waals surface area contributed by atoms with Crippen LogP contribution in [0.25, 0.3) is 0 Å². The number of morpholine rings is 1. The highest BCUT2D eigenvalue weighted by Crippen LogP contribution is 2.30. The molecule has 0 spiro atoms. The molecule has 1 amide bonds. The van der Waals surface area contributed by atoms with Crippen molar-refractivity contribution in [1.29, 1.82) is 0 Å². The fourth-order valence-electron chi connectivity index (χ4n) is 3.89. The number of aliphatic hydroxyl groups is 1. The molecule has 2 aliphatic rings. The molecule has 10 heteroatoms. The van der Waals surface area contributed by atoms with Gasteiger partial charge in [-0.05, 0) is 41.6 Å². The van der Waals surface area contributed by atoms with Crippen molar-refractivity contribution in [3.63, 3.8) is 0 Å². The fraction of sp³-hybridized carbons (Fsp3) is 0.409. The van der Waals surface area contributed by atoms with Crippen molar-refractivity contribution in [3.8, 4) is 0 Å². The Morgan fingerprint density at radius 2 is 1.59 bits per heavy atom. The van der Waals surface area contributed by atoms with Crippen LogP contribution in [0.5, 0.6) is 0 Å². The van der Waals surface area contributed by atoms with Crippen molar-refractivity contribution < 1.29 is 19.0 Å². The van der Waals surface area contributed by atoms with E-state index in [1.54, 1.807) is 29.2 Å². The Morgan fingerprint density at radius 3 is 2.22 bits per heavy atom. The van der Waals surface area contributed by atoms with Gasteiger partial charge in [-0.15, -0.1) is 4.91 Å². The first-order valence-electron chi connectivity index (χ1n) is 10.3. The number of rotatable bonds is 4. The SMILES string of the molecule is CO.O=Nc1ccc(N2CCOCC2)c(C(=O)N2CCN(c3ccc(F)cc3Cl)CC2)c1. The van der Waals surface area contributed by atoms with Gasteiger partial charge in [0.15, 0.2) is 0 Å². The summed E-state index contributed by atoms with van der Waals surface area (Å²) in [4.78, 5) is 30.3. The highest BCUT2D eigenvalue weighted by Gasteiger charge is 2.27. The normalized spacial score (nSPS) is 16.3. The molecule has 0 atom stereocenters. The molecule has 172 valence electrons. The van der Waals surface area contributed by atoms with Gasteiger partial charge in [0.1, 0.15) is 11.5 Å². The van der Waals surface area contributed by atoms with Crippen LogP contribution in [0.2, 0.25) is 5.02 Å². The molecule has 4 rings (SSSR count). The zero-order valence-corrected chi connectivity index (χ0v) is 18.6. The number of nitrogens with zero attached hydrogens (tertiary/aromatic N) is 4. The summed E-state index contributed by atoms with van der Waals surface area (Å²) in [6.07, 6.45) is 0. The molecule has 0 saturated carbocycles. The molecule has 2 aliphatic heterocycles. The van der Waals surface area contributed by atoms with Crippen LogP contribution in [0.1, 0.15) is 10.4 Å². The highest BCUT2D eigenvalue weighted by molar-refractivity contribution is 6.33. The van der Waals surface area contributed by atoms with Crippen LogP contribution in [0.3, 0.4) is 0 Å². The number of benzene rings is 2. The minimum Gasteiger partial charge on any atom is -0.400 e. The van der Waals surface area contributed by atoms with E-state index in [2.05, 4.69) is 10.1 Å². The number of hydrogen-bond donors (Lipinski definition) is 1. The van der Waals surface area contributed by atoms with E-state index in [-0.39, 0.29) is 17.4 Å². The lowest BCUT2D eigenvalue weighted by Gasteiger charge is -2.37. The monoisotopic (exact) mass is 464 g/mol. The Balaban J connectivity index is 0.00000141. The summed E-state index contributed by atoms with van der Waals surface area (Å²) in [6, 6.07) is 9.30. The van der Waals surface area contributed by atoms with E-state index in [4.69, 9.17) is 21.4 Å². The van der Waals surface area contributed by atoms with Crippen LogP contribution in [0, 0.1) is 10.7 Å². The van der Waals surface area contributed by atoms with Crippen LogP contribution < -0.4 is 9.80 Å². The predicted octanol–water partition coefficient (Wildman–Crippen LogP) is 3.28. The molecule has 2 aromatic rings. The number of hydrogen-bond acceptors (Lipinski definition) is 7. The number of anilines is 2.